The van der Waals surface area contributed by atoms with Crippen molar-refractivity contribution >= 4 is 30.0 Å². The van der Waals surface area contributed by atoms with Gasteiger partial charge in [-0.1, -0.05) is 30.3 Å². The highest BCUT2D eigenvalue weighted by molar-refractivity contribution is 5.87. The number of fused-ring (bicyclic) bond motifs is 1. The third kappa shape index (κ3) is 4.92. The van der Waals surface area contributed by atoms with E-state index in [0.717, 1.165) is 5.56 Å². The predicted octanol–water partition coefficient (Wildman–Crippen LogP) is 3.14. The summed E-state index contributed by atoms with van der Waals surface area (Å²) in [5.74, 6) is -3.03. The van der Waals surface area contributed by atoms with E-state index < -0.39 is 76.9 Å². The molecule has 1 saturated heterocycles. The van der Waals surface area contributed by atoms with Crippen molar-refractivity contribution < 1.29 is 48.0 Å². The van der Waals surface area contributed by atoms with Crippen molar-refractivity contribution in [3.05, 3.63) is 42.0 Å². The van der Waals surface area contributed by atoms with Gasteiger partial charge in [-0.25, -0.2) is 4.79 Å². The summed E-state index contributed by atoms with van der Waals surface area (Å²) in [6, 6.07) is 9.19. The molecule has 1 heterocycles. The molecule has 3 aliphatic rings. The number of aliphatic hydroxyl groups is 1. The first-order valence-electron chi connectivity index (χ1n) is 13.5. The molecule has 3 fully saturated rings. The van der Waals surface area contributed by atoms with Gasteiger partial charge in [-0.15, -0.1) is 0 Å². The molecule has 4 rings (SSSR count). The van der Waals surface area contributed by atoms with Crippen molar-refractivity contribution in [2.45, 2.75) is 95.9 Å². The summed E-state index contributed by atoms with van der Waals surface area (Å²) < 4.78 is 30.2. The van der Waals surface area contributed by atoms with E-state index in [-0.39, 0.29) is 19.3 Å². The molecule has 10 nitrogen and oxygen atoms in total. The van der Waals surface area contributed by atoms with Gasteiger partial charge >= 0.3 is 23.9 Å². The van der Waals surface area contributed by atoms with Gasteiger partial charge < -0.3 is 28.8 Å². The molecule has 2 bridgehead atoms. The van der Waals surface area contributed by atoms with Crippen LogP contribution in [0.3, 0.4) is 0 Å². The van der Waals surface area contributed by atoms with E-state index in [0.29, 0.717) is 0 Å². The van der Waals surface area contributed by atoms with Gasteiger partial charge in [0.25, 0.3) is 0 Å². The zero-order chi connectivity index (χ0) is 29.5. The Kier molecular flexibility index (Phi) is 7.90. The van der Waals surface area contributed by atoms with Crippen LogP contribution in [0.25, 0.3) is 6.08 Å². The Hall–Kier alpha value is -3.24. The topological polar surface area (TPSA) is 135 Å². The minimum Gasteiger partial charge on any atom is -0.465 e. The fraction of sp³-hybridized carbons (Fsp3) is 0.600. The molecular formula is C30H38O10. The number of rotatable bonds is 7. The predicted molar refractivity (Wildman–Crippen MR) is 141 cm³/mol. The lowest BCUT2D eigenvalue weighted by Gasteiger charge is -2.64. The standard InChI is InChI=1S/C30H38O10/c1-18(31)36-17-29-23(37-19(2)32)14-15-28(6,35)30(29)26(38-20(3)33)22(27(4,5)40-30)16-24(29)39-25(34)13-12-21-10-8-7-9-11-21/h7-13,22-24,26,35H,14-17H2,1-6H3/b13-12+/t22?,23-,24-,26+,28-,29-,30?/m0/s1. The second kappa shape index (κ2) is 10.6. The third-order valence-corrected chi connectivity index (χ3v) is 8.67. The van der Waals surface area contributed by atoms with Crippen molar-refractivity contribution in [3.8, 4) is 0 Å². The van der Waals surface area contributed by atoms with Gasteiger partial charge in [0.15, 0.2) is 5.60 Å². The molecule has 2 aliphatic carbocycles. The molecule has 2 unspecified atom stereocenters. The van der Waals surface area contributed by atoms with Crippen molar-refractivity contribution in [1.29, 1.82) is 0 Å². The molecular weight excluding hydrogens is 520 g/mol. The third-order valence-electron chi connectivity index (χ3n) is 8.67. The van der Waals surface area contributed by atoms with Crippen LogP contribution in [0.2, 0.25) is 0 Å². The van der Waals surface area contributed by atoms with Gasteiger partial charge in [0.2, 0.25) is 0 Å². The lowest BCUT2D eigenvalue weighted by molar-refractivity contribution is -0.341. The Morgan fingerprint density at radius 1 is 0.950 bits per heavy atom. The van der Waals surface area contributed by atoms with Crippen molar-refractivity contribution in [2.75, 3.05) is 6.61 Å². The van der Waals surface area contributed by atoms with E-state index in [2.05, 4.69) is 0 Å². The lowest BCUT2D eigenvalue weighted by atomic mass is 9.47. The van der Waals surface area contributed by atoms with Gasteiger partial charge in [-0.3, -0.25) is 14.4 Å². The van der Waals surface area contributed by atoms with Crippen molar-refractivity contribution in [1.82, 2.24) is 0 Å². The van der Waals surface area contributed by atoms with Crippen LogP contribution in [0.1, 0.15) is 66.4 Å². The molecule has 1 aromatic carbocycles. The van der Waals surface area contributed by atoms with Crippen LogP contribution in [-0.2, 0) is 42.9 Å². The number of carbonyl (C=O) groups is 4. The van der Waals surface area contributed by atoms with E-state index >= 15 is 0 Å². The van der Waals surface area contributed by atoms with Crippen LogP contribution >= 0.6 is 0 Å². The summed E-state index contributed by atoms with van der Waals surface area (Å²) in [6.07, 6.45) is 0.229. The number of carbonyl (C=O) groups excluding carboxylic acids is 4. The molecule has 0 amide bonds. The van der Waals surface area contributed by atoms with Gasteiger partial charge in [-0.2, -0.15) is 0 Å². The van der Waals surface area contributed by atoms with E-state index in [4.69, 9.17) is 23.7 Å². The van der Waals surface area contributed by atoms with Crippen molar-refractivity contribution in [2.24, 2.45) is 11.3 Å². The maximum absolute atomic E-state index is 13.3. The molecule has 40 heavy (non-hydrogen) atoms. The van der Waals surface area contributed by atoms with Crippen LogP contribution in [0.15, 0.2) is 36.4 Å². The Morgan fingerprint density at radius 3 is 2.20 bits per heavy atom. The molecule has 1 N–H and O–H groups in total. The monoisotopic (exact) mass is 558 g/mol. The maximum Gasteiger partial charge on any atom is 0.331 e. The number of hydrogen-bond acceptors (Lipinski definition) is 10. The summed E-state index contributed by atoms with van der Waals surface area (Å²) in [6.45, 7) is 8.50. The first kappa shape index (κ1) is 29.7. The Labute approximate surface area is 233 Å². The number of hydrogen-bond donors (Lipinski definition) is 1. The molecule has 218 valence electrons. The van der Waals surface area contributed by atoms with E-state index in [1.807, 2.05) is 44.2 Å². The molecule has 7 atom stereocenters. The second-order valence-corrected chi connectivity index (χ2v) is 11.7. The van der Waals surface area contributed by atoms with Crippen LogP contribution in [-0.4, -0.2) is 70.7 Å². The zero-order valence-corrected chi connectivity index (χ0v) is 23.8. The summed E-state index contributed by atoms with van der Waals surface area (Å²) in [7, 11) is 0. The molecule has 1 spiro atoms. The van der Waals surface area contributed by atoms with Crippen LogP contribution in [0.5, 0.6) is 0 Å². The molecule has 1 aromatic rings. The highest BCUT2D eigenvalue weighted by atomic mass is 16.6. The normalized spacial score (nSPS) is 35.9. The first-order valence-corrected chi connectivity index (χ1v) is 13.5. The molecule has 0 aromatic heterocycles. The Bertz CT molecular complexity index is 1190. The quantitative estimate of drug-likeness (QED) is 0.302. The van der Waals surface area contributed by atoms with Crippen LogP contribution < -0.4 is 0 Å². The fourth-order valence-electron chi connectivity index (χ4n) is 7.15. The molecule has 0 radical (unpaired) electrons. The minimum absolute atomic E-state index is 0.113. The Morgan fingerprint density at radius 2 is 1.60 bits per heavy atom. The highest BCUT2D eigenvalue weighted by Crippen LogP contribution is 2.68. The number of benzene rings is 1. The van der Waals surface area contributed by atoms with Gasteiger partial charge in [-0.05, 0) is 51.7 Å². The first-order chi connectivity index (χ1) is 18.7. The summed E-state index contributed by atoms with van der Waals surface area (Å²) in [4.78, 5) is 50.2. The summed E-state index contributed by atoms with van der Waals surface area (Å²) >= 11 is 0. The average Bonchev–Trinajstić information content (AvgIpc) is 3.02. The number of esters is 4. The summed E-state index contributed by atoms with van der Waals surface area (Å²) in [5, 5.41) is 12.1. The zero-order valence-electron chi connectivity index (χ0n) is 23.8. The molecule has 10 heteroatoms. The smallest absolute Gasteiger partial charge is 0.331 e. The van der Waals surface area contributed by atoms with Crippen LogP contribution in [0.4, 0.5) is 0 Å². The highest BCUT2D eigenvalue weighted by Gasteiger charge is 2.84. The van der Waals surface area contributed by atoms with Gasteiger partial charge in [0.05, 0.1) is 11.2 Å². The summed E-state index contributed by atoms with van der Waals surface area (Å²) in [5.41, 5.74) is -5.23. The number of ether oxygens (including phenoxy) is 5. The SMILES string of the molecule is CC(=O)OC[C@@]12[C@@H](OC(C)=O)CC[C@](C)(O)C13OC(C)(C)C(C[C@@H]2OC(=O)/C=C/c1ccccc1)[C@H]3OC(C)=O. The lowest BCUT2D eigenvalue weighted by Crippen LogP contribution is -2.81. The van der Waals surface area contributed by atoms with Gasteiger partial charge in [0.1, 0.15) is 30.3 Å². The largest absolute Gasteiger partial charge is 0.465 e. The maximum atomic E-state index is 13.3. The minimum atomic E-state index is -1.76. The Balaban J connectivity index is 1.91. The fourth-order valence-corrected chi connectivity index (χ4v) is 7.15. The molecule has 2 saturated carbocycles. The van der Waals surface area contributed by atoms with Gasteiger partial charge in [0, 0.05) is 32.8 Å². The van der Waals surface area contributed by atoms with Crippen molar-refractivity contribution in [3.63, 3.8) is 0 Å². The molecule has 1 aliphatic heterocycles. The average molecular weight is 559 g/mol. The van der Waals surface area contributed by atoms with E-state index in [1.165, 1.54) is 26.8 Å². The van der Waals surface area contributed by atoms with Crippen LogP contribution in [0, 0.1) is 11.3 Å². The van der Waals surface area contributed by atoms with E-state index in [9.17, 15) is 24.3 Å². The second-order valence-electron chi connectivity index (χ2n) is 11.7. The van der Waals surface area contributed by atoms with E-state index in [1.54, 1.807) is 13.0 Å².